The van der Waals surface area contributed by atoms with Crippen molar-refractivity contribution in [2.45, 2.75) is 83.8 Å². The Morgan fingerprint density at radius 2 is 1.57 bits per heavy atom. The van der Waals surface area contributed by atoms with Gasteiger partial charge in [-0.1, -0.05) is 82.5 Å². The van der Waals surface area contributed by atoms with Crippen LogP contribution >= 0.6 is 0 Å². The summed E-state index contributed by atoms with van der Waals surface area (Å²) < 4.78 is 26.7. The van der Waals surface area contributed by atoms with E-state index in [1.165, 1.54) is 11.3 Å². The largest absolute Gasteiger partial charge is 0.352 e. The molecular formula is C29H41N3O4S. The summed E-state index contributed by atoms with van der Waals surface area (Å²) in [6, 6.07) is 16.0. The van der Waals surface area contributed by atoms with Crippen molar-refractivity contribution >= 4 is 27.5 Å². The lowest BCUT2D eigenvalue weighted by molar-refractivity contribution is -0.139. The van der Waals surface area contributed by atoms with Crippen LogP contribution in [0.4, 0.5) is 5.69 Å². The number of carbonyl (C=O) groups excluding carboxylic acids is 2. The van der Waals surface area contributed by atoms with E-state index in [4.69, 9.17) is 0 Å². The predicted molar refractivity (Wildman–Crippen MR) is 149 cm³/mol. The molecule has 1 fully saturated rings. The molecule has 0 aromatic heterocycles. The molecule has 0 heterocycles. The molecule has 0 saturated heterocycles. The number of nitrogens with zero attached hydrogens (tertiary/aromatic N) is 2. The number of carbonyl (C=O) groups is 2. The third kappa shape index (κ3) is 8.06. The number of hydrogen-bond acceptors (Lipinski definition) is 4. The molecule has 1 saturated carbocycles. The average Bonchev–Trinajstić information content (AvgIpc) is 2.85. The van der Waals surface area contributed by atoms with Crippen LogP contribution in [0.2, 0.25) is 0 Å². The molecule has 0 bridgehead atoms. The van der Waals surface area contributed by atoms with Gasteiger partial charge in [-0.05, 0) is 48.4 Å². The maximum absolute atomic E-state index is 13.7. The molecule has 7 nitrogen and oxygen atoms in total. The van der Waals surface area contributed by atoms with Crippen LogP contribution in [0.3, 0.4) is 0 Å². The third-order valence-corrected chi connectivity index (χ3v) is 8.16. The number of amides is 2. The Hall–Kier alpha value is -2.87. The van der Waals surface area contributed by atoms with Crippen LogP contribution in [0.25, 0.3) is 0 Å². The first-order chi connectivity index (χ1) is 17.4. The Morgan fingerprint density at radius 3 is 2.11 bits per heavy atom. The highest BCUT2D eigenvalue weighted by atomic mass is 32.2. The Bertz CT molecular complexity index is 1150. The van der Waals surface area contributed by atoms with E-state index in [-0.39, 0.29) is 30.5 Å². The van der Waals surface area contributed by atoms with E-state index in [9.17, 15) is 18.0 Å². The smallest absolute Gasteiger partial charge is 0.244 e. The van der Waals surface area contributed by atoms with Gasteiger partial charge in [0, 0.05) is 12.6 Å². The lowest BCUT2D eigenvalue weighted by Gasteiger charge is -2.33. The number of rotatable bonds is 9. The zero-order valence-electron chi connectivity index (χ0n) is 22.7. The van der Waals surface area contributed by atoms with E-state index >= 15 is 0 Å². The molecule has 2 amide bonds. The van der Waals surface area contributed by atoms with Gasteiger partial charge in [-0.2, -0.15) is 0 Å². The van der Waals surface area contributed by atoms with E-state index in [1.54, 1.807) is 19.1 Å². The predicted octanol–water partition coefficient (Wildman–Crippen LogP) is 4.62. The fourth-order valence-electron chi connectivity index (χ4n) is 4.67. The highest BCUT2D eigenvalue weighted by Crippen LogP contribution is 2.26. The minimum absolute atomic E-state index is 0.0854. The second kappa shape index (κ2) is 12.1. The summed E-state index contributed by atoms with van der Waals surface area (Å²) in [5.41, 5.74) is 2.27. The first kappa shape index (κ1) is 28.7. The molecule has 2 aromatic carbocycles. The summed E-state index contributed by atoms with van der Waals surface area (Å²) in [5, 5.41) is 3.11. The first-order valence-corrected chi connectivity index (χ1v) is 14.9. The summed E-state index contributed by atoms with van der Waals surface area (Å²) in [6.45, 7) is 7.78. The maximum atomic E-state index is 13.7. The van der Waals surface area contributed by atoms with Crippen molar-refractivity contribution in [3.8, 4) is 0 Å². The topological polar surface area (TPSA) is 86.8 Å². The van der Waals surface area contributed by atoms with E-state index in [1.807, 2.05) is 42.5 Å². The van der Waals surface area contributed by atoms with Crippen LogP contribution in [0.15, 0.2) is 54.6 Å². The van der Waals surface area contributed by atoms with Crippen LogP contribution in [0.1, 0.15) is 70.9 Å². The fourth-order valence-corrected chi connectivity index (χ4v) is 5.52. The van der Waals surface area contributed by atoms with Crippen molar-refractivity contribution in [2.75, 3.05) is 17.1 Å². The SMILES string of the molecule is C[C@H](C(=O)NC1CCCCC1)N(Cc1ccccc1)C(=O)CN(c1ccc(C(C)(C)C)cc1)S(C)(=O)=O. The van der Waals surface area contributed by atoms with Gasteiger partial charge in [-0.3, -0.25) is 13.9 Å². The number of hydrogen-bond donors (Lipinski definition) is 1. The zero-order valence-corrected chi connectivity index (χ0v) is 23.6. The number of sulfonamides is 1. The molecule has 0 aliphatic heterocycles. The third-order valence-electron chi connectivity index (χ3n) is 7.02. The highest BCUT2D eigenvalue weighted by molar-refractivity contribution is 7.92. The Balaban J connectivity index is 1.85. The number of nitrogens with one attached hydrogen (secondary N) is 1. The van der Waals surface area contributed by atoms with Crippen molar-refractivity contribution in [3.05, 3.63) is 65.7 Å². The Labute approximate surface area is 222 Å². The standard InChI is InChI=1S/C29H41N3O4S/c1-22(28(34)30-25-14-10-7-11-15-25)31(20-23-12-8-6-9-13-23)27(33)21-32(37(5,35)36)26-18-16-24(17-19-26)29(2,3)4/h6,8-9,12-13,16-19,22,25H,7,10-11,14-15,20-21H2,1-5H3,(H,30,34)/t22-/m1/s1. The maximum Gasteiger partial charge on any atom is 0.244 e. The van der Waals surface area contributed by atoms with Crippen molar-refractivity contribution in [1.82, 2.24) is 10.2 Å². The van der Waals surface area contributed by atoms with E-state index < -0.39 is 22.0 Å². The molecule has 37 heavy (non-hydrogen) atoms. The van der Waals surface area contributed by atoms with E-state index in [2.05, 4.69) is 26.1 Å². The zero-order chi connectivity index (χ0) is 27.2. The fraction of sp³-hybridized carbons (Fsp3) is 0.517. The van der Waals surface area contributed by atoms with E-state index in [0.29, 0.717) is 5.69 Å². The van der Waals surface area contributed by atoms with Crippen LogP contribution in [-0.2, 0) is 31.6 Å². The molecule has 1 aliphatic rings. The average molecular weight is 528 g/mol. The van der Waals surface area contributed by atoms with Gasteiger partial charge in [-0.15, -0.1) is 0 Å². The van der Waals surface area contributed by atoms with Crippen LogP contribution in [0.5, 0.6) is 0 Å². The van der Waals surface area contributed by atoms with Gasteiger partial charge in [0.2, 0.25) is 21.8 Å². The van der Waals surface area contributed by atoms with Crippen LogP contribution < -0.4 is 9.62 Å². The van der Waals surface area contributed by atoms with Crippen molar-refractivity contribution in [2.24, 2.45) is 0 Å². The molecule has 1 N–H and O–H groups in total. The molecule has 0 unspecified atom stereocenters. The summed E-state index contributed by atoms with van der Waals surface area (Å²) in [4.78, 5) is 28.4. The first-order valence-electron chi connectivity index (χ1n) is 13.1. The van der Waals surface area contributed by atoms with Gasteiger partial charge in [0.1, 0.15) is 12.6 Å². The van der Waals surface area contributed by atoms with Crippen molar-refractivity contribution < 1.29 is 18.0 Å². The lowest BCUT2D eigenvalue weighted by atomic mass is 9.87. The van der Waals surface area contributed by atoms with Gasteiger partial charge >= 0.3 is 0 Å². The lowest BCUT2D eigenvalue weighted by Crippen LogP contribution is -2.52. The molecule has 0 radical (unpaired) electrons. The molecular weight excluding hydrogens is 486 g/mol. The monoisotopic (exact) mass is 527 g/mol. The minimum Gasteiger partial charge on any atom is -0.352 e. The van der Waals surface area contributed by atoms with Crippen molar-refractivity contribution in [3.63, 3.8) is 0 Å². The molecule has 2 aromatic rings. The summed E-state index contributed by atoms with van der Waals surface area (Å²) in [5.74, 6) is -0.642. The second-order valence-corrected chi connectivity index (χ2v) is 13.0. The summed E-state index contributed by atoms with van der Waals surface area (Å²) >= 11 is 0. The normalized spacial score (nSPS) is 15.6. The molecule has 1 aliphatic carbocycles. The molecule has 202 valence electrons. The van der Waals surface area contributed by atoms with Gasteiger partial charge in [-0.25, -0.2) is 8.42 Å². The van der Waals surface area contributed by atoms with Crippen LogP contribution in [0, 0.1) is 0 Å². The summed E-state index contributed by atoms with van der Waals surface area (Å²) in [7, 11) is -3.75. The number of anilines is 1. The Kier molecular flexibility index (Phi) is 9.40. The van der Waals surface area contributed by atoms with E-state index in [0.717, 1.165) is 47.4 Å². The van der Waals surface area contributed by atoms with Gasteiger partial charge in [0.05, 0.1) is 11.9 Å². The summed E-state index contributed by atoms with van der Waals surface area (Å²) in [6.07, 6.45) is 6.33. The molecule has 3 rings (SSSR count). The van der Waals surface area contributed by atoms with Gasteiger partial charge in [0.25, 0.3) is 0 Å². The van der Waals surface area contributed by atoms with Gasteiger partial charge in [0.15, 0.2) is 0 Å². The molecule has 8 heteroatoms. The second-order valence-electron chi connectivity index (χ2n) is 11.1. The highest BCUT2D eigenvalue weighted by Gasteiger charge is 2.31. The molecule has 1 atom stereocenters. The quantitative estimate of drug-likeness (QED) is 0.516. The molecule has 0 spiro atoms. The minimum atomic E-state index is -3.75. The van der Waals surface area contributed by atoms with Crippen LogP contribution in [-0.4, -0.2) is 50.0 Å². The Morgan fingerprint density at radius 1 is 0.973 bits per heavy atom. The van der Waals surface area contributed by atoms with Crippen molar-refractivity contribution in [1.29, 1.82) is 0 Å². The van der Waals surface area contributed by atoms with Gasteiger partial charge < -0.3 is 10.2 Å². The number of benzene rings is 2.